The Labute approximate surface area is 113 Å². The van der Waals surface area contributed by atoms with Crippen molar-refractivity contribution in [1.82, 2.24) is 4.90 Å². The van der Waals surface area contributed by atoms with Gasteiger partial charge >= 0.3 is 5.97 Å². The van der Waals surface area contributed by atoms with E-state index in [0.29, 0.717) is 12.5 Å². The van der Waals surface area contributed by atoms with E-state index in [9.17, 15) is 4.79 Å². The molecular weight excluding hydrogens is 240 g/mol. The average Bonchev–Trinajstić information content (AvgIpc) is 2.73. The van der Waals surface area contributed by atoms with Crippen molar-refractivity contribution in [3.05, 3.63) is 34.4 Å². The van der Waals surface area contributed by atoms with Gasteiger partial charge in [0.05, 0.1) is 5.56 Å². The highest BCUT2D eigenvalue weighted by Gasteiger charge is 2.26. The van der Waals surface area contributed by atoms with Crippen LogP contribution in [0.1, 0.15) is 27.0 Å². The number of hydrogen-bond acceptors (Lipinski definition) is 4. The summed E-state index contributed by atoms with van der Waals surface area (Å²) in [5, 5.41) is 0. The predicted octanol–water partition coefficient (Wildman–Crippen LogP) is 1.10. The summed E-state index contributed by atoms with van der Waals surface area (Å²) in [7, 11) is 0. The van der Waals surface area contributed by atoms with Crippen LogP contribution in [-0.4, -0.2) is 37.0 Å². The lowest BCUT2D eigenvalue weighted by Crippen LogP contribution is -2.50. The summed E-state index contributed by atoms with van der Waals surface area (Å²) in [5.41, 5.74) is 10.00. The van der Waals surface area contributed by atoms with Gasteiger partial charge in [0.2, 0.25) is 0 Å². The first-order valence-electron chi connectivity index (χ1n) is 6.90. The van der Waals surface area contributed by atoms with Crippen molar-refractivity contribution in [2.24, 2.45) is 11.7 Å². The molecule has 1 saturated heterocycles. The van der Waals surface area contributed by atoms with Gasteiger partial charge in [0.1, 0.15) is 6.61 Å². The molecule has 0 atom stereocenters. The van der Waals surface area contributed by atoms with Gasteiger partial charge in [-0.2, -0.15) is 0 Å². The normalized spacial score (nSPS) is 19.2. The zero-order valence-corrected chi connectivity index (χ0v) is 11.3. The Morgan fingerprint density at radius 2 is 2.21 bits per heavy atom. The molecular formula is C15H20N2O2. The second-order valence-corrected chi connectivity index (χ2v) is 5.56. The number of carbonyl (C=O) groups excluding carboxylic acids is 1. The number of carbonyl (C=O) groups is 1. The zero-order valence-electron chi connectivity index (χ0n) is 11.3. The van der Waals surface area contributed by atoms with Crippen molar-refractivity contribution in [2.75, 3.05) is 26.2 Å². The van der Waals surface area contributed by atoms with Gasteiger partial charge in [-0.05, 0) is 43.0 Å². The lowest BCUT2D eigenvalue weighted by Gasteiger charge is -2.38. The molecule has 1 aromatic carbocycles. The first-order valence-corrected chi connectivity index (χ1v) is 6.90. The van der Waals surface area contributed by atoms with Gasteiger partial charge in [0, 0.05) is 25.2 Å². The van der Waals surface area contributed by atoms with Crippen LogP contribution in [0, 0.1) is 12.8 Å². The number of fused-ring (bicyclic) bond motifs is 1. The summed E-state index contributed by atoms with van der Waals surface area (Å²) in [6, 6.07) is 3.98. The molecule has 2 heterocycles. The maximum Gasteiger partial charge on any atom is 0.338 e. The fourth-order valence-electron chi connectivity index (χ4n) is 2.96. The SMILES string of the molecule is Cc1c(CCN2CC(CN)C2)ccc2c1COC2=O. The monoisotopic (exact) mass is 260 g/mol. The van der Waals surface area contributed by atoms with Crippen LogP contribution < -0.4 is 5.73 Å². The third-order valence-electron chi connectivity index (χ3n) is 4.34. The Balaban J connectivity index is 1.65. The van der Waals surface area contributed by atoms with E-state index in [4.69, 9.17) is 10.5 Å². The van der Waals surface area contributed by atoms with Gasteiger partial charge in [-0.15, -0.1) is 0 Å². The van der Waals surface area contributed by atoms with E-state index >= 15 is 0 Å². The molecule has 0 spiro atoms. The van der Waals surface area contributed by atoms with E-state index in [1.165, 1.54) is 11.1 Å². The molecule has 1 fully saturated rings. The van der Waals surface area contributed by atoms with Crippen LogP contribution in [0.25, 0.3) is 0 Å². The fraction of sp³-hybridized carbons (Fsp3) is 0.533. The first kappa shape index (κ1) is 12.6. The van der Waals surface area contributed by atoms with E-state index in [1.54, 1.807) is 0 Å². The minimum absolute atomic E-state index is 0.182. The number of likely N-dealkylation sites (tertiary alicyclic amines) is 1. The van der Waals surface area contributed by atoms with E-state index in [1.807, 2.05) is 6.07 Å². The third-order valence-corrected chi connectivity index (χ3v) is 4.34. The van der Waals surface area contributed by atoms with Crippen molar-refractivity contribution in [3.8, 4) is 0 Å². The lowest BCUT2D eigenvalue weighted by atomic mass is 9.95. The Morgan fingerprint density at radius 1 is 1.42 bits per heavy atom. The van der Waals surface area contributed by atoms with Crippen molar-refractivity contribution in [1.29, 1.82) is 0 Å². The Hall–Kier alpha value is -1.39. The van der Waals surface area contributed by atoms with Gasteiger partial charge in [-0.25, -0.2) is 4.79 Å². The highest BCUT2D eigenvalue weighted by molar-refractivity contribution is 5.93. The molecule has 4 heteroatoms. The summed E-state index contributed by atoms with van der Waals surface area (Å²) < 4.78 is 5.08. The molecule has 102 valence electrons. The molecule has 0 unspecified atom stereocenters. The summed E-state index contributed by atoms with van der Waals surface area (Å²) in [6.07, 6.45) is 1.03. The van der Waals surface area contributed by atoms with Gasteiger partial charge in [0.25, 0.3) is 0 Å². The van der Waals surface area contributed by atoms with E-state index < -0.39 is 0 Å². The zero-order chi connectivity index (χ0) is 13.4. The average molecular weight is 260 g/mol. The maximum atomic E-state index is 11.5. The Kier molecular flexibility index (Phi) is 3.29. The summed E-state index contributed by atoms with van der Waals surface area (Å²) in [4.78, 5) is 13.9. The van der Waals surface area contributed by atoms with E-state index in [2.05, 4.69) is 17.9 Å². The summed E-state index contributed by atoms with van der Waals surface area (Å²) in [5.74, 6) is 0.505. The highest BCUT2D eigenvalue weighted by atomic mass is 16.5. The molecule has 19 heavy (non-hydrogen) atoms. The van der Waals surface area contributed by atoms with Gasteiger partial charge in [-0.1, -0.05) is 6.07 Å². The number of nitrogens with zero attached hydrogens (tertiary/aromatic N) is 1. The molecule has 2 N–H and O–H groups in total. The van der Waals surface area contributed by atoms with Crippen molar-refractivity contribution in [3.63, 3.8) is 0 Å². The van der Waals surface area contributed by atoms with Crippen LogP contribution in [0.15, 0.2) is 12.1 Å². The van der Waals surface area contributed by atoms with Crippen LogP contribution >= 0.6 is 0 Å². The molecule has 1 aromatic rings. The van der Waals surface area contributed by atoms with Crippen molar-refractivity contribution < 1.29 is 9.53 Å². The number of ether oxygens (including phenoxy) is 1. The molecule has 3 rings (SSSR count). The maximum absolute atomic E-state index is 11.5. The summed E-state index contributed by atoms with van der Waals surface area (Å²) in [6.45, 7) is 6.66. The molecule has 0 radical (unpaired) electrons. The Morgan fingerprint density at radius 3 is 2.95 bits per heavy atom. The topological polar surface area (TPSA) is 55.6 Å². The van der Waals surface area contributed by atoms with E-state index in [0.717, 1.165) is 43.7 Å². The van der Waals surface area contributed by atoms with Gasteiger partial charge in [-0.3, -0.25) is 0 Å². The predicted molar refractivity (Wildman–Crippen MR) is 73.0 cm³/mol. The molecule has 0 aliphatic carbocycles. The second-order valence-electron chi connectivity index (χ2n) is 5.56. The quantitative estimate of drug-likeness (QED) is 0.824. The van der Waals surface area contributed by atoms with Crippen LogP contribution in [-0.2, 0) is 17.8 Å². The lowest BCUT2D eigenvalue weighted by molar-refractivity contribution is 0.0535. The Bertz CT molecular complexity index is 507. The number of hydrogen-bond donors (Lipinski definition) is 1. The second kappa shape index (κ2) is 4.94. The highest BCUT2D eigenvalue weighted by Crippen LogP contribution is 2.26. The first-order chi connectivity index (χ1) is 9.19. The smallest absolute Gasteiger partial charge is 0.338 e. The number of esters is 1. The minimum atomic E-state index is -0.182. The van der Waals surface area contributed by atoms with Crippen molar-refractivity contribution >= 4 is 5.97 Å². The van der Waals surface area contributed by atoms with Crippen LogP contribution in [0.5, 0.6) is 0 Å². The van der Waals surface area contributed by atoms with Crippen LogP contribution in [0.2, 0.25) is 0 Å². The van der Waals surface area contributed by atoms with Crippen LogP contribution in [0.3, 0.4) is 0 Å². The standard InChI is InChI=1S/C15H20N2O2/c1-10-12(4-5-17-7-11(6-16)8-17)2-3-13-14(10)9-19-15(13)18/h2-3,11H,4-9,16H2,1H3. The minimum Gasteiger partial charge on any atom is -0.457 e. The summed E-state index contributed by atoms with van der Waals surface area (Å²) >= 11 is 0. The molecule has 0 aromatic heterocycles. The fourth-order valence-corrected chi connectivity index (χ4v) is 2.96. The van der Waals surface area contributed by atoms with E-state index in [-0.39, 0.29) is 5.97 Å². The molecule has 4 nitrogen and oxygen atoms in total. The van der Waals surface area contributed by atoms with Gasteiger partial charge < -0.3 is 15.4 Å². The number of benzene rings is 1. The molecule has 0 bridgehead atoms. The molecule has 2 aliphatic heterocycles. The molecule has 0 saturated carbocycles. The van der Waals surface area contributed by atoms with Crippen LogP contribution in [0.4, 0.5) is 0 Å². The molecule has 0 amide bonds. The molecule has 2 aliphatic rings. The third kappa shape index (κ3) is 2.26. The van der Waals surface area contributed by atoms with Gasteiger partial charge in [0.15, 0.2) is 0 Å². The number of nitrogens with two attached hydrogens (primary N) is 1. The largest absolute Gasteiger partial charge is 0.457 e. The van der Waals surface area contributed by atoms with Crippen molar-refractivity contribution in [2.45, 2.75) is 20.0 Å². The number of rotatable bonds is 4. The number of cyclic esters (lactones) is 1.